The van der Waals surface area contributed by atoms with Crippen molar-refractivity contribution in [2.75, 3.05) is 38.6 Å². The molecule has 2 rings (SSSR count). The molecule has 1 fully saturated rings. The number of halogens is 1. The second-order valence-electron chi connectivity index (χ2n) is 5.14. The van der Waals surface area contributed by atoms with Gasteiger partial charge in [0.05, 0.1) is 34.6 Å². The summed E-state index contributed by atoms with van der Waals surface area (Å²) in [6, 6.07) is 5.20. The van der Waals surface area contributed by atoms with Crippen LogP contribution in [0.2, 0.25) is 0 Å². The Morgan fingerprint density at radius 2 is 2.00 bits per heavy atom. The second kappa shape index (κ2) is 7.82. The highest BCUT2D eigenvalue weighted by molar-refractivity contribution is 7.85. The molecule has 0 radical (unpaired) electrons. The van der Waals surface area contributed by atoms with Gasteiger partial charge in [-0.1, -0.05) is 12.1 Å². The number of carbonyl (C=O) groups is 1. The standard InChI is InChI=1S/C14H18FNO6S/c15-13-4-2-1-3-12(13)14(17)22-11(10-23(18,19)20)9-16-5-7-21-8-6-16/h1-4,11H,5-10H2,(H,18,19,20)/p-1. The van der Waals surface area contributed by atoms with Gasteiger partial charge < -0.3 is 14.0 Å². The molecule has 1 aliphatic rings. The fraction of sp³-hybridized carbons (Fsp3) is 0.500. The molecule has 1 saturated heterocycles. The first-order valence-corrected chi connectivity index (χ1v) is 8.62. The number of esters is 1. The summed E-state index contributed by atoms with van der Waals surface area (Å²) in [5, 5.41) is 0. The average molecular weight is 346 g/mol. The van der Waals surface area contributed by atoms with E-state index in [4.69, 9.17) is 9.47 Å². The van der Waals surface area contributed by atoms with Crippen molar-refractivity contribution in [3.63, 3.8) is 0 Å². The minimum atomic E-state index is -4.59. The minimum absolute atomic E-state index is 0.0744. The van der Waals surface area contributed by atoms with Gasteiger partial charge >= 0.3 is 5.97 Å². The highest BCUT2D eigenvalue weighted by Crippen LogP contribution is 2.11. The first-order chi connectivity index (χ1) is 10.8. The Hall–Kier alpha value is -1.55. The number of hydrogen-bond acceptors (Lipinski definition) is 7. The summed E-state index contributed by atoms with van der Waals surface area (Å²) in [4.78, 5) is 13.8. The highest BCUT2D eigenvalue weighted by atomic mass is 32.2. The Labute approximate surface area is 133 Å². The zero-order valence-corrected chi connectivity index (χ0v) is 13.1. The van der Waals surface area contributed by atoms with Crippen LogP contribution in [0.5, 0.6) is 0 Å². The molecule has 0 saturated carbocycles. The SMILES string of the molecule is O=C(OC(CN1CCOCC1)CS(=O)(=O)[O-])c1ccccc1F. The third kappa shape index (κ3) is 5.87. The van der Waals surface area contributed by atoms with Gasteiger partial charge in [0, 0.05) is 19.6 Å². The van der Waals surface area contributed by atoms with Gasteiger partial charge in [0.2, 0.25) is 0 Å². The van der Waals surface area contributed by atoms with Crippen molar-refractivity contribution in [3.8, 4) is 0 Å². The number of rotatable bonds is 6. The normalized spacial score (nSPS) is 17.7. The number of morpholine rings is 1. The molecule has 7 nitrogen and oxygen atoms in total. The molecule has 0 N–H and O–H groups in total. The summed E-state index contributed by atoms with van der Waals surface area (Å²) in [5.41, 5.74) is -0.303. The van der Waals surface area contributed by atoms with Gasteiger partial charge in [-0.25, -0.2) is 17.6 Å². The lowest BCUT2D eigenvalue weighted by molar-refractivity contribution is 0.000699. The van der Waals surface area contributed by atoms with Crippen molar-refractivity contribution < 1.29 is 31.6 Å². The molecular weight excluding hydrogens is 329 g/mol. The zero-order valence-electron chi connectivity index (χ0n) is 12.3. The summed E-state index contributed by atoms with van der Waals surface area (Å²) in [6.07, 6.45) is -1.16. The Kier molecular flexibility index (Phi) is 6.05. The molecule has 0 bridgehead atoms. The van der Waals surface area contributed by atoms with Gasteiger partial charge in [0.15, 0.2) is 0 Å². The quantitative estimate of drug-likeness (QED) is 0.537. The van der Waals surface area contributed by atoms with Crippen molar-refractivity contribution in [2.24, 2.45) is 0 Å². The van der Waals surface area contributed by atoms with E-state index in [1.807, 2.05) is 4.90 Å². The maximum absolute atomic E-state index is 13.6. The molecule has 23 heavy (non-hydrogen) atoms. The van der Waals surface area contributed by atoms with Gasteiger partial charge in [-0.15, -0.1) is 0 Å². The highest BCUT2D eigenvalue weighted by Gasteiger charge is 2.24. The lowest BCUT2D eigenvalue weighted by atomic mass is 10.2. The maximum Gasteiger partial charge on any atom is 0.341 e. The molecule has 1 atom stereocenters. The Morgan fingerprint density at radius 3 is 2.61 bits per heavy atom. The van der Waals surface area contributed by atoms with Crippen molar-refractivity contribution in [1.29, 1.82) is 0 Å². The van der Waals surface area contributed by atoms with E-state index < -0.39 is 33.8 Å². The molecule has 1 aliphatic heterocycles. The summed E-state index contributed by atoms with van der Waals surface area (Å²) < 4.78 is 56.8. The van der Waals surface area contributed by atoms with E-state index in [0.29, 0.717) is 26.3 Å². The van der Waals surface area contributed by atoms with Crippen molar-refractivity contribution >= 4 is 16.1 Å². The predicted molar refractivity (Wildman–Crippen MR) is 77.4 cm³/mol. The van der Waals surface area contributed by atoms with Gasteiger partial charge in [-0.2, -0.15) is 0 Å². The van der Waals surface area contributed by atoms with Crippen LogP contribution in [0.15, 0.2) is 24.3 Å². The minimum Gasteiger partial charge on any atom is -0.748 e. The molecule has 1 unspecified atom stereocenters. The molecule has 128 valence electrons. The van der Waals surface area contributed by atoms with E-state index in [-0.39, 0.29) is 12.1 Å². The van der Waals surface area contributed by atoms with E-state index in [9.17, 15) is 22.2 Å². The third-order valence-corrected chi connectivity index (χ3v) is 4.10. The number of ether oxygens (including phenoxy) is 2. The van der Waals surface area contributed by atoms with Crippen LogP contribution in [-0.2, 0) is 19.6 Å². The van der Waals surface area contributed by atoms with E-state index in [0.717, 1.165) is 6.07 Å². The van der Waals surface area contributed by atoms with Crippen LogP contribution in [0, 0.1) is 5.82 Å². The molecule has 1 aromatic carbocycles. The summed E-state index contributed by atoms with van der Waals surface area (Å²) in [7, 11) is -4.59. The second-order valence-corrected chi connectivity index (χ2v) is 6.59. The monoisotopic (exact) mass is 346 g/mol. The topological polar surface area (TPSA) is 96.0 Å². The first kappa shape index (κ1) is 17.8. The summed E-state index contributed by atoms with van der Waals surface area (Å²) in [6.45, 7) is 2.08. The van der Waals surface area contributed by atoms with Gasteiger partial charge in [0.1, 0.15) is 11.9 Å². The van der Waals surface area contributed by atoms with Crippen molar-refractivity contribution in [3.05, 3.63) is 35.6 Å². The molecule has 0 spiro atoms. The zero-order chi connectivity index (χ0) is 16.9. The number of nitrogens with zero attached hydrogens (tertiary/aromatic N) is 1. The van der Waals surface area contributed by atoms with Crippen LogP contribution in [0.4, 0.5) is 4.39 Å². The van der Waals surface area contributed by atoms with Crippen LogP contribution in [0.25, 0.3) is 0 Å². The fourth-order valence-electron chi connectivity index (χ4n) is 2.26. The first-order valence-electron chi connectivity index (χ1n) is 7.04. The Morgan fingerprint density at radius 1 is 1.35 bits per heavy atom. The van der Waals surface area contributed by atoms with Gasteiger partial charge in [0.25, 0.3) is 0 Å². The number of carbonyl (C=O) groups excluding carboxylic acids is 1. The third-order valence-electron chi connectivity index (χ3n) is 3.32. The summed E-state index contributed by atoms with van der Waals surface area (Å²) >= 11 is 0. The lowest BCUT2D eigenvalue weighted by Gasteiger charge is -2.30. The fourth-order valence-corrected chi connectivity index (χ4v) is 2.89. The molecule has 0 amide bonds. The van der Waals surface area contributed by atoms with Crippen LogP contribution >= 0.6 is 0 Å². The van der Waals surface area contributed by atoms with Gasteiger partial charge in [-0.05, 0) is 12.1 Å². The van der Waals surface area contributed by atoms with Gasteiger partial charge in [-0.3, -0.25) is 4.90 Å². The van der Waals surface area contributed by atoms with E-state index in [1.165, 1.54) is 18.2 Å². The van der Waals surface area contributed by atoms with Crippen LogP contribution < -0.4 is 0 Å². The Balaban J connectivity index is 2.07. The van der Waals surface area contributed by atoms with Crippen LogP contribution in [-0.4, -0.2) is 68.5 Å². The number of benzene rings is 1. The predicted octanol–water partition coefficient (Wildman–Crippen LogP) is 0.229. The smallest absolute Gasteiger partial charge is 0.341 e. The van der Waals surface area contributed by atoms with E-state index in [2.05, 4.69) is 0 Å². The molecule has 0 aliphatic carbocycles. The number of hydrogen-bond donors (Lipinski definition) is 0. The average Bonchev–Trinajstić information content (AvgIpc) is 2.46. The molecule has 1 aromatic rings. The largest absolute Gasteiger partial charge is 0.748 e. The van der Waals surface area contributed by atoms with E-state index >= 15 is 0 Å². The molecular formula is C14H17FNO6S-. The van der Waals surface area contributed by atoms with Crippen molar-refractivity contribution in [2.45, 2.75) is 6.10 Å². The molecule has 0 aromatic heterocycles. The lowest BCUT2D eigenvalue weighted by Crippen LogP contribution is -2.44. The van der Waals surface area contributed by atoms with Crippen LogP contribution in [0.1, 0.15) is 10.4 Å². The molecule has 1 heterocycles. The Bertz CT molecular complexity index is 644. The van der Waals surface area contributed by atoms with E-state index in [1.54, 1.807) is 0 Å². The maximum atomic E-state index is 13.6. The molecule has 9 heteroatoms. The van der Waals surface area contributed by atoms with Crippen molar-refractivity contribution in [1.82, 2.24) is 4.90 Å². The summed E-state index contributed by atoms with van der Waals surface area (Å²) in [5.74, 6) is -2.62. The van der Waals surface area contributed by atoms with Crippen LogP contribution in [0.3, 0.4) is 0 Å².